The number of nitrogens with one attached hydrogen (secondary N) is 1. The molecule has 112 valence electrons. The highest BCUT2D eigenvalue weighted by molar-refractivity contribution is 5.84. The predicted octanol–water partition coefficient (Wildman–Crippen LogP) is 3.66. The Morgan fingerprint density at radius 2 is 2.29 bits per heavy atom. The van der Waals surface area contributed by atoms with E-state index >= 15 is 0 Å². The fourth-order valence-corrected chi connectivity index (χ4v) is 2.62. The number of ether oxygens (including phenoxy) is 1. The van der Waals surface area contributed by atoms with Crippen LogP contribution >= 0.6 is 0 Å². The molecule has 4 heteroatoms. The van der Waals surface area contributed by atoms with Gasteiger partial charge in [-0.05, 0) is 38.3 Å². The summed E-state index contributed by atoms with van der Waals surface area (Å²) in [6.45, 7) is 6.59. The second-order valence-electron chi connectivity index (χ2n) is 5.81. The Hall–Kier alpha value is -1.97. The Kier molecular flexibility index (Phi) is 3.62. The van der Waals surface area contributed by atoms with Gasteiger partial charge < -0.3 is 14.5 Å². The van der Waals surface area contributed by atoms with Gasteiger partial charge in [0.15, 0.2) is 11.3 Å². The summed E-state index contributed by atoms with van der Waals surface area (Å²) >= 11 is 0. The Morgan fingerprint density at radius 1 is 1.52 bits per heavy atom. The third-order valence-electron chi connectivity index (χ3n) is 4.06. The highest BCUT2D eigenvalue weighted by atomic mass is 16.5. The molecule has 1 aliphatic carbocycles. The predicted molar refractivity (Wildman–Crippen MR) is 81.2 cm³/mol. The lowest BCUT2D eigenvalue weighted by molar-refractivity contribution is -0.123. The first-order valence-electron chi connectivity index (χ1n) is 7.55. The van der Waals surface area contributed by atoms with Gasteiger partial charge in [-0.1, -0.05) is 19.1 Å². The van der Waals surface area contributed by atoms with Crippen LogP contribution in [0.1, 0.15) is 39.0 Å². The van der Waals surface area contributed by atoms with Crippen molar-refractivity contribution in [3.8, 4) is 5.75 Å². The highest BCUT2D eigenvalue weighted by Crippen LogP contribution is 2.38. The third-order valence-corrected chi connectivity index (χ3v) is 4.06. The molecule has 0 saturated heterocycles. The van der Waals surface area contributed by atoms with E-state index in [0.717, 1.165) is 28.9 Å². The first-order chi connectivity index (χ1) is 10.1. The van der Waals surface area contributed by atoms with E-state index in [4.69, 9.17) is 9.15 Å². The summed E-state index contributed by atoms with van der Waals surface area (Å²) in [6.07, 6.45) is 0.993. The summed E-state index contributed by atoms with van der Waals surface area (Å²) in [5.41, 5.74) is 0.746. The minimum absolute atomic E-state index is 0.125. The number of fused-ring (bicyclic) bond motifs is 1. The van der Waals surface area contributed by atoms with Gasteiger partial charge in [0.25, 0.3) is 0 Å². The zero-order valence-corrected chi connectivity index (χ0v) is 12.7. The van der Waals surface area contributed by atoms with E-state index in [1.165, 1.54) is 0 Å². The van der Waals surface area contributed by atoms with Crippen LogP contribution in [0.2, 0.25) is 0 Å². The monoisotopic (exact) mass is 287 g/mol. The standard InChI is InChI=1S/C17H21NO3/c1-4-20-14-7-5-6-12-9-15(21-16(12)14)11(3)18-17(19)13-8-10(13)2/h5-7,9-11,13H,4,8H2,1-3H3,(H,18,19). The van der Waals surface area contributed by atoms with E-state index < -0.39 is 0 Å². The van der Waals surface area contributed by atoms with E-state index in [-0.39, 0.29) is 17.9 Å². The molecule has 1 aromatic carbocycles. The van der Waals surface area contributed by atoms with Gasteiger partial charge in [0, 0.05) is 11.3 Å². The van der Waals surface area contributed by atoms with Crippen LogP contribution in [-0.4, -0.2) is 12.5 Å². The van der Waals surface area contributed by atoms with Crippen LogP contribution < -0.4 is 10.1 Å². The van der Waals surface area contributed by atoms with Crippen molar-refractivity contribution in [2.45, 2.75) is 33.2 Å². The second kappa shape index (κ2) is 5.43. The number of carbonyl (C=O) groups is 1. The molecule has 0 aliphatic heterocycles. The smallest absolute Gasteiger partial charge is 0.223 e. The molecule has 0 radical (unpaired) electrons. The molecule has 1 amide bonds. The number of carbonyl (C=O) groups excluding carboxylic acids is 1. The van der Waals surface area contributed by atoms with Gasteiger partial charge in [-0.15, -0.1) is 0 Å². The molecule has 3 atom stereocenters. The third kappa shape index (κ3) is 2.75. The normalized spacial score (nSPS) is 22.0. The van der Waals surface area contributed by atoms with Crippen LogP contribution in [0.3, 0.4) is 0 Å². The van der Waals surface area contributed by atoms with Crippen molar-refractivity contribution < 1.29 is 13.9 Å². The van der Waals surface area contributed by atoms with Crippen molar-refractivity contribution in [1.82, 2.24) is 5.32 Å². The van der Waals surface area contributed by atoms with Crippen LogP contribution in [0, 0.1) is 11.8 Å². The summed E-state index contributed by atoms with van der Waals surface area (Å²) in [6, 6.07) is 7.67. The van der Waals surface area contributed by atoms with Crippen molar-refractivity contribution >= 4 is 16.9 Å². The molecule has 1 N–H and O–H groups in total. The zero-order valence-electron chi connectivity index (χ0n) is 12.7. The van der Waals surface area contributed by atoms with Gasteiger partial charge in [0.2, 0.25) is 5.91 Å². The minimum Gasteiger partial charge on any atom is -0.490 e. The lowest BCUT2D eigenvalue weighted by atomic mass is 10.2. The molecule has 1 aromatic heterocycles. The molecule has 1 saturated carbocycles. The number of furan rings is 1. The Morgan fingerprint density at radius 3 is 2.95 bits per heavy atom. The number of amides is 1. The van der Waals surface area contributed by atoms with Crippen molar-refractivity contribution in [2.75, 3.05) is 6.61 Å². The van der Waals surface area contributed by atoms with E-state index in [0.29, 0.717) is 12.5 Å². The summed E-state index contributed by atoms with van der Waals surface area (Å²) in [5.74, 6) is 2.32. The molecule has 1 heterocycles. The van der Waals surface area contributed by atoms with Crippen LogP contribution in [0.4, 0.5) is 0 Å². The average molecular weight is 287 g/mol. The molecule has 1 fully saturated rings. The van der Waals surface area contributed by atoms with Crippen molar-refractivity contribution in [1.29, 1.82) is 0 Å². The maximum Gasteiger partial charge on any atom is 0.223 e. The zero-order chi connectivity index (χ0) is 15.0. The van der Waals surface area contributed by atoms with Crippen molar-refractivity contribution in [3.05, 3.63) is 30.0 Å². The van der Waals surface area contributed by atoms with Gasteiger partial charge in [-0.25, -0.2) is 0 Å². The van der Waals surface area contributed by atoms with E-state index in [1.807, 2.05) is 38.1 Å². The first-order valence-corrected chi connectivity index (χ1v) is 7.55. The fourth-order valence-electron chi connectivity index (χ4n) is 2.62. The lowest BCUT2D eigenvalue weighted by Crippen LogP contribution is -2.28. The Labute approximate surface area is 124 Å². The number of hydrogen-bond acceptors (Lipinski definition) is 3. The number of hydrogen-bond donors (Lipinski definition) is 1. The highest BCUT2D eigenvalue weighted by Gasteiger charge is 2.39. The Bertz CT molecular complexity index is 661. The summed E-state index contributed by atoms with van der Waals surface area (Å²) in [7, 11) is 0. The van der Waals surface area contributed by atoms with Crippen molar-refractivity contribution in [2.24, 2.45) is 11.8 Å². The van der Waals surface area contributed by atoms with Crippen LogP contribution in [0.25, 0.3) is 11.0 Å². The number of rotatable bonds is 5. The summed E-state index contributed by atoms with van der Waals surface area (Å²) < 4.78 is 11.5. The van der Waals surface area contributed by atoms with Gasteiger partial charge in [0.1, 0.15) is 5.76 Å². The van der Waals surface area contributed by atoms with E-state index in [9.17, 15) is 4.79 Å². The fraction of sp³-hybridized carbons (Fsp3) is 0.471. The van der Waals surface area contributed by atoms with Gasteiger partial charge in [0.05, 0.1) is 12.6 Å². The van der Waals surface area contributed by atoms with Gasteiger partial charge in [-0.2, -0.15) is 0 Å². The average Bonchev–Trinajstić information content (AvgIpc) is 3.02. The van der Waals surface area contributed by atoms with Crippen molar-refractivity contribution in [3.63, 3.8) is 0 Å². The largest absolute Gasteiger partial charge is 0.490 e. The van der Waals surface area contributed by atoms with E-state index in [1.54, 1.807) is 0 Å². The molecule has 1 aliphatic rings. The lowest BCUT2D eigenvalue weighted by Gasteiger charge is -2.11. The Balaban J connectivity index is 1.80. The quantitative estimate of drug-likeness (QED) is 0.913. The van der Waals surface area contributed by atoms with Gasteiger partial charge >= 0.3 is 0 Å². The van der Waals surface area contributed by atoms with Gasteiger partial charge in [-0.3, -0.25) is 4.79 Å². The minimum atomic E-state index is -0.132. The molecule has 4 nitrogen and oxygen atoms in total. The van der Waals surface area contributed by atoms with Crippen LogP contribution in [0.5, 0.6) is 5.75 Å². The SMILES string of the molecule is CCOc1cccc2cc(C(C)NC(=O)C3CC3C)oc12. The number of benzene rings is 1. The molecule has 3 unspecified atom stereocenters. The molecule has 0 spiro atoms. The molecular formula is C17H21NO3. The van der Waals surface area contributed by atoms with Crippen LogP contribution in [0.15, 0.2) is 28.7 Å². The molecule has 3 rings (SSSR count). The molecule has 0 bridgehead atoms. The first kappa shape index (κ1) is 14.0. The van der Waals surface area contributed by atoms with E-state index in [2.05, 4.69) is 12.2 Å². The molecular weight excluding hydrogens is 266 g/mol. The topological polar surface area (TPSA) is 51.5 Å². The maximum atomic E-state index is 12.0. The van der Waals surface area contributed by atoms with Crippen LogP contribution in [-0.2, 0) is 4.79 Å². The molecule has 21 heavy (non-hydrogen) atoms. The summed E-state index contributed by atoms with van der Waals surface area (Å²) in [4.78, 5) is 12.0. The molecule has 2 aromatic rings. The summed E-state index contributed by atoms with van der Waals surface area (Å²) in [5, 5.41) is 4.02. The number of para-hydroxylation sites is 1. The maximum absolute atomic E-state index is 12.0. The second-order valence-corrected chi connectivity index (χ2v) is 5.81.